The van der Waals surface area contributed by atoms with E-state index in [-0.39, 0.29) is 11.4 Å². The first-order chi connectivity index (χ1) is 5.04. The van der Waals surface area contributed by atoms with Crippen LogP contribution >= 0.6 is 37.9 Å². The fourth-order valence-electron chi connectivity index (χ4n) is 0.667. The number of hydrogen-bond donors (Lipinski definition) is 4. The van der Waals surface area contributed by atoms with Gasteiger partial charge in [0.1, 0.15) is 5.50 Å². The van der Waals surface area contributed by atoms with E-state index in [1.54, 1.807) is 7.05 Å². The first-order valence-corrected chi connectivity index (χ1v) is 4.29. The molecule has 0 fully saturated rings. The molecule has 0 saturated carbocycles. The molecule has 0 aromatic carbocycles. The Morgan fingerprint density at radius 1 is 1.55 bits per heavy atom. The van der Waals surface area contributed by atoms with Crippen LogP contribution in [0.2, 0.25) is 0 Å². The van der Waals surface area contributed by atoms with E-state index in [2.05, 4.69) is 43.2 Å². The molecule has 1 atom stereocenters. The van der Waals surface area contributed by atoms with Crippen molar-refractivity contribution in [3.05, 3.63) is 9.93 Å². The number of rotatable bonds is 0. The van der Waals surface area contributed by atoms with Gasteiger partial charge in [-0.25, -0.2) is 0 Å². The van der Waals surface area contributed by atoms with E-state index >= 15 is 0 Å². The molecule has 1 unspecified atom stereocenters. The van der Waals surface area contributed by atoms with Crippen LogP contribution in [0.15, 0.2) is 9.93 Å². The topological polar surface area (TPSA) is 32.3 Å². The van der Waals surface area contributed by atoms with Crippen LogP contribution in [-0.2, 0) is 4.79 Å². The monoisotopic (exact) mass is 208 g/mol. The van der Waals surface area contributed by atoms with E-state index in [1.807, 2.05) is 0 Å². The highest BCUT2D eigenvalue weighted by molar-refractivity contribution is 7.89. The maximum Gasteiger partial charge on any atom is 0.264 e. The van der Waals surface area contributed by atoms with Crippen LogP contribution in [0, 0.1) is 0 Å². The number of amides is 1. The van der Waals surface area contributed by atoms with Crippen molar-refractivity contribution in [1.29, 1.82) is 0 Å². The second-order valence-electron chi connectivity index (χ2n) is 2.13. The Morgan fingerprint density at radius 2 is 2.09 bits per heavy atom. The van der Waals surface area contributed by atoms with Crippen LogP contribution in [0.1, 0.15) is 0 Å². The molecule has 11 heavy (non-hydrogen) atoms. The summed E-state index contributed by atoms with van der Waals surface area (Å²) in [6, 6.07) is 0. The van der Waals surface area contributed by atoms with Crippen LogP contribution < -0.4 is 5.32 Å². The van der Waals surface area contributed by atoms with Crippen LogP contribution in [0.5, 0.6) is 0 Å². The molecule has 1 heterocycles. The first-order valence-electron chi connectivity index (χ1n) is 2.88. The first kappa shape index (κ1) is 9.15. The number of thiol groups is 3. The Hall–Kier alpha value is 0.0600. The maximum atomic E-state index is 11.2. The molecule has 6 heteroatoms. The average molecular weight is 208 g/mol. The Labute approximate surface area is 81.4 Å². The number of carbonyl (C=O) groups excluding carboxylic acids is 1. The van der Waals surface area contributed by atoms with Gasteiger partial charge >= 0.3 is 0 Å². The molecule has 0 aromatic rings. The Kier molecular flexibility index (Phi) is 2.66. The van der Waals surface area contributed by atoms with Gasteiger partial charge in [0, 0.05) is 7.05 Å². The molecule has 0 saturated heterocycles. The molecule has 0 aliphatic carbocycles. The second kappa shape index (κ2) is 3.20. The van der Waals surface area contributed by atoms with Gasteiger partial charge in [-0.05, 0) is 0 Å². The summed E-state index contributed by atoms with van der Waals surface area (Å²) in [5, 5.41) is 3.31. The quantitative estimate of drug-likeness (QED) is 0.432. The number of hydrogen-bond acceptors (Lipinski definition) is 5. The van der Waals surface area contributed by atoms with Gasteiger partial charge in [-0.15, -0.1) is 37.9 Å². The standard InChI is InChI=1S/C5H8N2OS3/c1-7-4(8)2(9)3(10)6-5(7)11/h5-6,9-11H,1H3. The molecule has 1 N–H and O–H groups in total. The lowest BCUT2D eigenvalue weighted by molar-refractivity contribution is -0.126. The third-order valence-electron chi connectivity index (χ3n) is 1.38. The van der Waals surface area contributed by atoms with Crippen molar-refractivity contribution in [3.8, 4) is 0 Å². The van der Waals surface area contributed by atoms with Crippen molar-refractivity contribution in [2.45, 2.75) is 5.50 Å². The van der Waals surface area contributed by atoms with Gasteiger partial charge in [-0.3, -0.25) is 4.79 Å². The largest absolute Gasteiger partial charge is 0.351 e. The molecular formula is C5H8N2OS3. The van der Waals surface area contributed by atoms with Gasteiger partial charge in [0.2, 0.25) is 0 Å². The van der Waals surface area contributed by atoms with Crippen LogP contribution in [-0.4, -0.2) is 23.4 Å². The summed E-state index contributed by atoms with van der Waals surface area (Å²) in [6.07, 6.45) is 0. The molecule has 0 radical (unpaired) electrons. The summed E-state index contributed by atoms with van der Waals surface area (Å²) >= 11 is 12.1. The van der Waals surface area contributed by atoms with Crippen molar-refractivity contribution in [1.82, 2.24) is 10.2 Å². The van der Waals surface area contributed by atoms with E-state index in [9.17, 15) is 4.79 Å². The highest BCUT2D eigenvalue weighted by atomic mass is 32.1. The van der Waals surface area contributed by atoms with Crippen molar-refractivity contribution < 1.29 is 4.79 Å². The number of likely N-dealkylation sites (N-methyl/N-ethyl adjacent to an activating group) is 1. The van der Waals surface area contributed by atoms with E-state index in [0.717, 1.165) is 0 Å². The van der Waals surface area contributed by atoms with Crippen molar-refractivity contribution in [3.63, 3.8) is 0 Å². The fourth-order valence-corrected chi connectivity index (χ4v) is 1.44. The second-order valence-corrected chi connectivity index (χ2v) is 3.51. The Balaban J connectivity index is 2.95. The Bertz CT molecular complexity index is 228. The van der Waals surface area contributed by atoms with Gasteiger partial charge in [0.15, 0.2) is 0 Å². The van der Waals surface area contributed by atoms with E-state index < -0.39 is 0 Å². The molecule has 0 spiro atoms. The highest BCUT2D eigenvalue weighted by Gasteiger charge is 2.25. The van der Waals surface area contributed by atoms with Gasteiger partial charge in [-0.2, -0.15) is 0 Å². The predicted octanol–water partition coefficient (Wildman–Crippen LogP) is 0.290. The lowest BCUT2D eigenvalue weighted by Gasteiger charge is -2.30. The highest BCUT2D eigenvalue weighted by Crippen LogP contribution is 2.20. The maximum absolute atomic E-state index is 11.2. The van der Waals surface area contributed by atoms with Crippen molar-refractivity contribution in [2.24, 2.45) is 0 Å². The summed E-state index contributed by atoms with van der Waals surface area (Å²) in [6.45, 7) is 0. The molecule has 3 nitrogen and oxygen atoms in total. The molecule has 1 rings (SSSR count). The zero-order valence-corrected chi connectivity index (χ0v) is 8.46. The smallest absolute Gasteiger partial charge is 0.264 e. The predicted molar refractivity (Wildman–Crippen MR) is 53.7 cm³/mol. The molecule has 1 amide bonds. The van der Waals surface area contributed by atoms with Gasteiger partial charge in [0.25, 0.3) is 5.91 Å². The van der Waals surface area contributed by atoms with E-state index in [0.29, 0.717) is 9.93 Å². The van der Waals surface area contributed by atoms with E-state index in [1.165, 1.54) is 4.90 Å². The lowest BCUT2D eigenvalue weighted by atomic mass is 10.4. The summed E-state index contributed by atoms with van der Waals surface area (Å²) in [5.74, 6) is -0.169. The zero-order chi connectivity index (χ0) is 8.59. The molecular weight excluding hydrogens is 200 g/mol. The molecule has 0 bridgehead atoms. The SMILES string of the molecule is CN1C(=O)C(S)=C(S)NC1S. The third kappa shape index (κ3) is 1.62. The minimum atomic E-state index is -0.314. The number of nitrogens with one attached hydrogen (secondary N) is 1. The summed E-state index contributed by atoms with van der Waals surface area (Å²) in [7, 11) is 1.64. The van der Waals surface area contributed by atoms with Crippen LogP contribution in [0.25, 0.3) is 0 Å². The van der Waals surface area contributed by atoms with Crippen LogP contribution in [0.3, 0.4) is 0 Å². The van der Waals surface area contributed by atoms with Gasteiger partial charge in [0.05, 0.1) is 9.93 Å². The lowest BCUT2D eigenvalue weighted by Crippen LogP contribution is -2.46. The fraction of sp³-hybridized carbons (Fsp3) is 0.400. The summed E-state index contributed by atoms with van der Waals surface area (Å²) in [5.41, 5.74) is -0.314. The van der Waals surface area contributed by atoms with E-state index in [4.69, 9.17) is 0 Å². The minimum Gasteiger partial charge on any atom is -0.351 e. The van der Waals surface area contributed by atoms with Gasteiger partial charge in [-0.1, -0.05) is 0 Å². The summed E-state index contributed by atoms with van der Waals surface area (Å²) < 4.78 is 0. The van der Waals surface area contributed by atoms with Crippen molar-refractivity contribution >= 4 is 43.8 Å². The molecule has 0 aromatic heterocycles. The Morgan fingerprint density at radius 3 is 2.64 bits per heavy atom. The minimum absolute atomic E-state index is 0.169. The molecule has 1 aliphatic heterocycles. The zero-order valence-electron chi connectivity index (χ0n) is 5.77. The normalized spacial score (nSPS) is 25.6. The van der Waals surface area contributed by atoms with Crippen molar-refractivity contribution in [2.75, 3.05) is 7.05 Å². The average Bonchev–Trinajstić information content (AvgIpc) is 1.97. The third-order valence-corrected chi connectivity index (χ3v) is 2.80. The molecule has 1 aliphatic rings. The van der Waals surface area contributed by atoms with Gasteiger partial charge < -0.3 is 10.2 Å². The molecule has 62 valence electrons. The summed E-state index contributed by atoms with van der Waals surface area (Å²) in [4.78, 5) is 13.0. The van der Waals surface area contributed by atoms with Crippen LogP contribution in [0.4, 0.5) is 0 Å². The number of carbonyl (C=O) groups is 1. The number of nitrogens with zero attached hydrogens (tertiary/aromatic N) is 1.